The predicted octanol–water partition coefficient (Wildman–Crippen LogP) is 3.07. The zero-order valence-corrected chi connectivity index (χ0v) is 12.8. The Kier molecular flexibility index (Phi) is 8.00. The quantitative estimate of drug-likeness (QED) is 0.738. The van der Waals surface area contributed by atoms with Gasteiger partial charge in [-0.1, -0.05) is 33.6 Å². The van der Waals surface area contributed by atoms with Crippen LogP contribution in [0.1, 0.15) is 60.8 Å². The number of rotatable bonds is 7. The maximum Gasteiger partial charge on any atom is 0.407 e. The lowest BCUT2D eigenvalue weighted by Crippen LogP contribution is -2.45. The van der Waals surface area contributed by atoms with Crippen LogP contribution in [0.25, 0.3) is 0 Å². The molecule has 18 heavy (non-hydrogen) atoms. The third kappa shape index (κ3) is 10.4. The smallest absolute Gasteiger partial charge is 0.407 e. The minimum atomic E-state index is -0.436. The SMILES string of the molecule is CCCCC(CNC(=O)OC(C)(C)C)NC(C)C. The number of alkyl carbamates (subject to hydrolysis) is 1. The molecule has 0 aromatic carbocycles. The van der Waals surface area contributed by atoms with Crippen molar-refractivity contribution in [3.05, 3.63) is 0 Å². The number of ether oxygens (including phenoxy) is 1. The number of unbranched alkanes of at least 4 members (excludes halogenated alkanes) is 1. The molecule has 1 unspecified atom stereocenters. The van der Waals surface area contributed by atoms with E-state index in [1.54, 1.807) is 0 Å². The van der Waals surface area contributed by atoms with Crippen molar-refractivity contribution >= 4 is 6.09 Å². The standard InChI is InChI=1S/C14H30N2O2/c1-7-8-9-12(16-11(2)3)10-15-13(17)18-14(4,5)6/h11-12,16H,7-10H2,1-6H3,(H,15,17). The molecule has 0 aliphatic rings. The number of hydrogen-bond acceptors (Lipinski definition) is 3. The third-order valence-electron chi connectivity index (χ3n) is 2.37. The molecule has 0 fully saturated rings. The van der Waals surface area contributed by atoms with Crippen molar-refractivity contribution in [2.24, 2.45) is 0 Å². The summed E-state index contributed by atoms with van der Waals surface area (Å²) in [5.74, 6) is 0. The van der Waals surface area contributed by atoms with Gasteiger partial charge in [0.15, 0.2) is 0 Å². The molecule has 0 spiro atoms. The Bertz CT molecular complexity index is 234. The van der Waals surface area contributed by atoms with Crippen molar-refractivity contribution in [1.29, 1.82) is 0 Å². The average molecular weight is 258 g/mol. The summed E-state index contributed by atoms with van der Waals surface area (Å²) in [5, 5.41) is 6.29. The molecular weight excluding hydrogens is 228 g/mol. The summed E-state index contributed by atoms with van der Waals surface area (Å²) in [7, 11) is 0. The minimum absolute atomic E-state index is 0.317. The van der Waals surface area contributed by atoms with Crippen LogP contribution in [0.4, 0.5) is 4.79 Å². The second kappa shape index (κ2) is 8.35. The Hall–Kier alpha value is -0.770. The molecule has 1 atom stereocenters. The van der Waals surface area contributed by atoms with Gasteiger partial charge in [0, 0.05) is 18.6 Å². The Morgan fingerprint density at radius 1 is 1.28 bits per heavy atom. The molecule has 1 amide bonds. The van der Waals surface area contributed by atoms with Gasteiger partial charge in [-0.25, -0.2) is 4.79 Å². The Balaban J connectivity index is 4.04. The molecule has 4 nitrogen and oxygen atoms in total. The van der Waals surface area contributed by atoms with Crippen molar-refractivity contribution in [3.63, 3.8) is 0 Å². The maximum atomic E-state index is 11.6. The second-order valence-electron chi connectivity index (χ2n) is 6.04. The highest BCUT2D eigenvalue weighted by atomic mass is 16.6. The summed E-state index contributed by atoms with van der Waals surface area (Å²) in [6.45, 7) is 12.6. The number of carbonyl (C=O) groups excluding carboxylic acids is 1. The van der Waals surface area contributed by atoms with E-state index in [2.05, 4.69) is 31.4 Å². The first-order valence-corrected chi connectivity index (χ1v) is 6.97. The van der Waals surface area contributed by atoms with Gasteiger partial charge in [0.05, 0.1) is 0 Å². The van der Waals surface area contributed by atoms with Gasteiger partial charge in [-0.2, -0.15) is 0 Å². The minimum Gasteiger partial charge on any atom is -0.444 e. The molecule has 108 valence electrons. The molecule has 0 heterocycles. The molecule has 0 saturated carbocycles. The molecular formula is C14H30N2O2. The molecule has 0 bridgehead atoms. The van der Waals surface area contributed by atoms with Crippen LogP contribution in [0.5, 0.6) is 0 Å². The predicted molar refractivity (Wildman–Crippen MR) is 75.8 cm³/mol. The highest BCUT2D eigenvalue weighted by Crippen LogP contribution is 2.07. The van der Waals surface area contributed by atoms with Gasteiger partial charge in [-0.05, 0) is 27.2 Å². The summed E-state index contributed by atoms with van der Waals surface area (Å²) in [4.78, 5) is 11.6. The van der Waals surface area contributed by atoms with E-state index in [0.717, 1.165) is 6.42 Å². The molecule has 0 aliphatic heterocycles. The fourth-order valence-corrected chi connectivity index (χ4v) is 1.69. The second-order valence-corrected chi connectivity index (χ2v) is 6.04. The summed E-state index contributed by atoms with van der Waals surface area (Å²) < 4.78 is 5.22. The van der Waals surface area contributed by atoms with Crippen LogP contribution in [-0.2, 0) is 4.74 Å². The van der Waals surface area contributed by atoms with Gasteiger partial charge < -0.3 is 15.4 Å². The van der Waals surface area contributed by atoms with E-state index in [0.29, 0.717) is 18.6 Å². The zero-order chi connectivity index (χ0) is 14.2. The first-order chi connectivity index (χ1) is 8.24. The Labute approximate surface area is 112 Å². The Morgan fingerprint density at radius 2 is 1.89 bits per heavy atom. The van der Waals surface area contributed by atoms with Gasteiger partial charge >= 0.3 is 6.09 Å². The van der Waals surface area contributed by atoms with E-state index in [9.17, 15) is 4.79 Å². The van der Waals surface area contributed by atoms with Crippen LogP contribution < -0.4 is 10.6 Å². The molecule has 0 radical (unpaired) electrons. The first-order valence-electron chi connectivity index (χ1n) is 6.97. The molecule has 0 aliphatic carbocycles. The fraction of sp³-hybridized carbons (Fsp3) is 0.929. The van der Waals surface area contributed by atoms with Crippen LogP contribution >= 0.6 is 0 Å². The highest BCUT2D eigenvalue weighted by Gasteiger charge is 2.17. The molecule has 0 aromatic heterocycles. The molecule has 0 saturated heterocycles. The van der Waals surface area contributed by atoms with Crippen molar-refractivity contribution in [2.75, 3.05) is 6.54 Å². The number of hydrogen-bond donors (Lipinski definition) is 2. The number of carbonyl (C=O) groups is 1. The van der Waals surface area contributed by atoms with Crippen LogP contribution in [0, 0.1) is 0 Å². The van der Waals surface area contributed by atoms with Gasteiger partial charge in [-0.15, -0.1) is 0 Å². The van der Waals surface area contributed by atoms with Crippen LogP contribution in [0.15, 0.2) is 0 Å². The van der Waals surface area contributed by atoms with E-state index in [-0.39, 0.29) is 6.09 Å². The van der Waals surface area contributed by atoms with Gasteiger partial charge in [0.2, 0.25) is 0 Å². The summed E-state index contributed by atoms with van der Waals surface area (Å²) in [5.41, 5.74) is -0.436. The topological polar surface area (TPSA) is 50.4 Å². The van der Waals surface area contributed by atoms with E-state index in [4.69, 9.17) is 4.74 Å². The largest absolute Gasteiger partial charge is 0.444 e. The van der Waals surface area contributed by atoms with Gasteiger partial charge in [-0.3, -0.25) is 0 Å². The lowest BCUT2D eigenvalue weighted by atomic mass is 10.1. The lowest BCUT2D eigenvalue weighted by Gasteiger charge is -2.24. The maximum absolute atomic E-state index is 11.6. The third-order valence-corrected chi connectivity index (χ3v) is 2.37. The van der Waals surface area contributed by atoms with Crippen molar-refractivity contribution in [2.45, 2.75) is 78.5 Å². The lowest BCUT2D eigenvalue weighted by molar-refractivity contribution is 0.0521. The molecule has 0 aromatic rings. The molecule has 2 N–H and O–H groups in total. The fourth-order valence-electron chi connectivity index (χ4n) is 1.69. The van der Waals surface area contributed by atoms with Crippen LogP contribution in [0.2, 0.25) is 0 Å². The van der Waals surface area contributed by atoms with E-state index in [1.165, 1.54) is 12.8 Å². The van der Waals surface area contributed by atoms with E-state index < -0.39 is 5.60 Å². The van der Waals surface area contributed by atoms with E-state index >= 15 is 0 Å². The van der Waals surface area contributed by atoms with Crippen molar-refractivity contribution in [3.8, 4) is 0 Å². The number of nitrogens with one attached hydrogen (secondary N) is 2. The normalized spacial score (nSPS) is 13.5. The van der Waals surface area contributed by atoms with Crippen LogP contribution in [0.3, 0.4) is 0 Å². The van der Waals surface area contributed by atoms with Crippen molar-refractivity contribution in [1.82, 2.24) is 10.6 Å². The highest BCUT2D eigenvalue weighted by molar-refractivity contribution is 5.67. The monoisotopic (exact) mass is 258 g/mol. The summed E-state index contributed by atoms with van der Waals surface area (Å²) in [6, 6.07) is 0.741. The zero-order valence-electron chi connectivity index (χ0n) is 12.8. The van der Waals surface area contributed by atoms with E-state index in [1.807, 2.05) is 20.8 Å². The molecule has 0 rings (SSSR count). The summed E-state index contributed by atoms with van der Waals surface area (Å²) in [6.07, 6.45) is 3.07. The first kappa shape index (κ1) is 17.2. The summed E-state index contributed by atoms with van der Waals surface area (Å²) >= 11 is 0. The number of amides is 1. The van der Waals surface area contributed by atoms with Gasteiger partial charge in [0.25, 0.3) is 0 Å². The Morgan fingerprint density at radius 3 is 2.33 bits per heavy atom. The van der Waals surface area contributed by atoms with Gasteiger partial charge in [0.1, 0.15) is 5.60 Å². The average Bonchev–Trinajstić information content (AvgIpc) is 2.19. The molecule has 4 heteroatoms. The van der Waals surface area contributed by atoms with Crippen LogP contribution in [-0.4, -0.2) is 30.3 Å². The van der Waals surface area contributed by atoms with Crippen molar-refractivity contribution < 1.29 is 9.53 Å².